The van der Waals surface area contributed by atoms with E-state index in [9.17, 15) is 5.11 Å². The second-order valence-corrected chi connectivity index (χ2v) is 4.49. The van der Waals surface area contributed by atoms with E-state index in [-0.39, 0.29) is 0 Å². The van der Waals surface area contributed by atoms with Gasteiger partial charge in [0.1, 0.15) is 12.0 Å². The number of ether oxygens (including phenoxy) is 1. The summed E-state index contributed by atoms with van der Waals surface area (Å²) in [7, 11) is 0. The Hall–Kier alpha value is -1.56. The van der Waals surface area contributed by atoms with Crippen LogP contribution in [0, 0.1) is 0 Å². The van der Waals surface area contributed by atoms with Crippen LogP contribution in [0.25, 0.3) is 0 Å². The van der Waals surface area contributed by atoms with Crippen molar-refractivity contribution in [3.05, 3.63) is 6.33 Å². The molecular formula is C12H22N4O2. The van der Waals surface area contributed by atoms with Gasteiger partial charge in [-0.1, -0.05) is 13.8 Å². The molecule has 1 aromatic rings. The minimum absolute atomic E-state index is 0.373. The average Bonchev–Trinajstić information content (AvgIpc) is 2.36. The van der Waals surface area contributed by atoms with Crippen LogP contribution in [0.15, 0.2) is 6.33 Å². The minimum atomic E-state index is -0.790. The molecule has 1 heterocycles. The van der Waals surface area contributed by atoms with Gasteiger partial charge in [0.05, 0.1) is 12.2 Å². The molecule has 6 nitrogen and oxygen atoms in total. The van der Waals surface area contributed by atoms with Crippen LogP contribution in [0.2, 0.25) is 0 Å². The molecule has 0 amide bonds. The third-order valence-electron chi connectivity index (χ3n) is 2.69. The van der Waals surface area contributed by atoms with Gasteiger partial charge in [-0.05, 0) is 19.8 Å². The monoisotopic (exact) mass is 254 g/mol. The Balaban J connectivity index is 2.71. The summed E-state index contributed by atoms with van der Waals surface area (Å²) >= 11 is 0. The zero-order valence-electron chi connectivity index (χ0n) is 11.2. The van der Waals surface area contributed by atoms with Gasteiger partial charge in [0.15, 0.2) is 5.82 Å². The molecule has 4 N–H and O–H groups in total. The number of nitrogens with zero attached hydrogens (tertiary/aromatic N) is 2. The summed E-state index contributed by atoms with van der Waals surface area (Å²) in [6.45, 7) is 6.62. The van der Waals surface area contributed by atoms with Crippen molar-refractivity contribution in [3.63, 3.8) is 0 Å². The van der Waals surface area contributed by atoms with Crippen LogP contribution in [0.1, 0.15) is 33.6 Å². The van der Waals surface area contributed by atoms with Gasteiger partial charge in [-0.2, -0.15) is 4.98 Å². The number of rotatable bonds is 7. The summed E-state index contributed by atoms with van der Waals surface area (Å²) < 4.78 is 5.41. The molecule has 0 aliphatic carbocycles. The lowest BCUT2D eigenvalue weighted by Gasteiger charge is -2.22. The third-order valence-corrected chi connectivity index (χ3v) is 2.69. The van der Waals surface area contributed by atoms with E-state index < -0.39 is 5.60 Å². The van der Waals surface area contributed by atoms with E-state index in [1.807, 2.05) is 13.8 Å². The lowest BCUT2D eigenvalue weighted by atomic mass is 10.0. The molecule has 1 atom stereocenters. The van der Waals surface area contributed by atoms with Crippen molar-refractivity contribution in [2.45, 2.75) is 39.2 Å². The Kier molecular flexibility index (Phi) is 5.15. The van der Waals surface area contributed by atoms with Crippen molar-refractivity contribution in [1.82, 2.24) is 9.97 Å². The van der Waals surface area contributed by atoms with E-state index in [1.165, 1.54) is 6.33 Å². The molecule has 0 aliphatic heterocycles. The van der Waals surface area contributed by atoms with Crippen molar-refractivity contribution < 1.29 is 9.84 Å². The van der Waals surface area contributed by atoms with Crippen LogP contribution in [-0.4, -0.2) is 33.8 Å². The van der Waals surface area contributed by atoms with Crippen LogP contribution in [0.5, 0.6) is 5.88 Å². The number of hydrogen-bond donors (Lipinski definition) is 3. The molecule has 0 fully saturated rings. The lowest BCUT2D eigenvalue weighted by molar-refractivity contribution is 0.0696. The van der Waals surface area contributed by atoms with Crippen molar-refractivity contribution in [3.8, 4) is 5.88 Å². The fraction of sp³-hybridized carbons (Fsp3) is 0.667. The molecule has 1 rings (SSSR count). The fourth-order valence-electron chi connectivity index (χ4n) is 1.23. The highest BCUT2D eigenvalue weighted by Crippen LogP contribution is 2.25. The quantitative estimate of drug-likeness (QED) is 0.681. The number of nitrogen functional groups attached to an aromatic ring is 1. The topological polar surface area (TPSA) is 93.3 Å². The summed E-state index contributed by atoms with van der Waals surface area (Å²) in [6.07, 6.45) is 2.92. The van der Waals surface area contributed by atoms with Gasteiger partial charge in [-0.3, -0.25) is 0 Å². The first kappa shape index (κ1) is 14.5. The van der Waals surface area contributed by atoms with E-state index >= 15 is 0 Å². The molecule has 0 spiro atoms. The molecule has 1 unspecified atom stereocenters. The van der Waals surface area contributed by atoms with Gasteiger partial charge in [0.2, 0.25) is 5.88 Å². The summed E-state index contributed by atoms with van der Waals surface area (Å²) in [5, 5.41) is 12.9. The van der Waals surface area contributed by atoms with Gasteiger partial charge in [0, 0.05) is 6.54 Å². The maximum Gasteiger partial charge on any atom is 0.242 e. The van der Waals surface area contributed by atoms with E-state index in [0.717, 1.165) is 6.42 Å². The number of hydrogen-bond acceptors (Lipinski definition) is 6. The lowest BCUT2D eigenvalue weighted by Crippen LogP contribution is -2.32. The SMILES string of the molecule is CCCOc1ncnc(NCC(C)(O)CC)c1N. The van der Waals surface area contributed by atoms with Crippen molar-refractivity contribution in [2.75, 3.05) is 24.2 Å². The summed E-state index contributed by atoms with van der Waals surface area (Å²) in [5.41, 5.74) is 5.48. The molecule has 18 heavy (non-hydrogen) atoms. The van der Waals surface area contributed by atoms with E-state index in [1.54, 1.807) is 6.92 Å². The number of nitrogens with one attached hydrogen (secondary N) is 1. The predicted molar refractivity (Wildman–Crippen MR) is 71.6 cm³/mol. The Morgan fingerprint density at radius 1 is 1.44 bits per heavy atom. The van der Waals surface area contributed by atoms with Gasteiger partial charge in [-0.25, -0.2) is 4.98 Å². The average molecular weight is 254 g/mol. The smallest absolute Gasteiger partial charge is 0.242 e. The predicted octanol–water partition coefficient (Wildman–Crippen LogP) is 1.42. The van der Waals surface area contributed by atoms with Gasteiger partial charge < -0.3 is 20.9 Å². The van der Waals surface area contributed by atoms with Gasteiger partial charge >= 0.3 is 0 Å². The molecule has 0 saturated carbocycles. The van der Waals surface area contributed by atoms with E-state index in [4.69, 9.17) is 10.5 Å². The van der Waals surface area contributed by atoms with Crippen LogP contribution in [0.4, 0.5) is 11.5 Å². The van der Waals surface area contributed by atoms with Crippen LogP contribution in [0.3, 0.4) is 0 Å². The maximum absolute atomic E-state index is 9.91. The minimum Gasteiger partial charge on any atom is -0.476 e. The molecule has 0 radical (unpaired) electrons. The Labute approximate surface area is 108 Å². The number of aliphatic hydroxyl groups is 1. The second-order valence-electron chi connectivity index (χ2n) is 4.49. The van der Waals surface area contributed by atoms with Crippen LogP contribution in [-0.2, 0) is 0 Å². The molecule has 0 aliphatic rings. The summed E-state index contributed by atoms with van der Waals surface area (Å²) in [4.78, 5) is 8.03. The Morgan fingerprint density at radius 2 is 2.17 bits per heavy atom. The molecular weight excluding hydrogens is 232 g/mol. The van der Waals surface area contributed by atoms with Gasteiger partial charge in [0.25, 0.3) is 0 Å². The van der Waals surface area contributed by atoms with Gasteiger partial charge in [-0.15, -0.1) is 0 Å². The highest BCUT2D eigenvalue weighted by Gasteiger charge is 2.18. The third kappa shape index (κ3) is 4.03. The standard InChI is InChI=1S/C12H22N4O2/c1-4-6-18-11-9(13)10(15-8-16-11)14-7-12(3,17)5-2/h8,17H,4-7,13H2,1-3H3,(H,14,15,16). The first-order valence-corrected chi connectivity index (χ1v) is 6.19. The fourth-order valence-corrected chi connectivity index (χ4v) is 1.23. The van der Waals surface area contributed by atoms with Crippen molar-refractivity contribution in [1.29, 1.82) is 0 Å². The van der Waals surface area contributed by atoms with Crippen LogP contribution >= 0.6 is 0 Å². The number of aromatic nitrogens is 2. The summed E-state index contributed by atoms with van der Waals surface area (Å²) in [5.74, 6) is 0.871. The zero-order chi connectivity index (χ0) is 13.6. The molecule has 0 bridgehead atoms. The first-order valence-electron chi connectivity index (χ1n) is 6.19. The zero-order valence-corrected chi connectivity index (χ0v) is 11.2. The normalized spacial score (nSPS) is 14.0. The van der Waals surface area contributed by atoms with Crippen molar-refractivity contribution in [2.24, 2.45) is 0 Å². The Morgan fingerprint density at radius 3 is 2.78 bits per heavy atom. The first-order chi connectivity index (χ1) is 8.50. The Bertz CT molecular complexity index is 382. The molecule has 0 aromatic carbocycles. The highest BCUT2D eigenvalue weighted by molar-refractivity contribution is 5.66. The molecule has 6 heteroatoms. The van der Waals surface area contributed by atoms with E-state index in [0.29, 0.717) is 37.0 Å². The molecule has 102 valence electrons. The molecule has 1 aromatic heterocycles. The number of nitrogens with two attached hydrogens (primary N) is 1. The molecule has 0 saturated heterocycles. The van der Waals surface area contributed by atoms with E-state index in [2.05, 4.69) is 15.3 Å². The number of anilines is 2. The van der Waals surface area contributed by atoms with Crippen LogP contribution < -0.4 is 15.8 Å². The van der Waals surface area contributed by atoms with Crippen molar-refractivity contribution >= 4 is 11.5 Å². The highest BCUT2D eigenvalue weighted by atomic mass is 16.5. The summed E-state index contributed by atoms with van der Waals surface area (Å²) in [6, 6.07) is 0. The second kappa shape index (κ2) is 6.39. The largest absolute Gasteiger partial charge is 0.476 e. The maximum atomic E-state index is 9.91.